The molecule has 0 radical (unpaired) electrons. The smallest absolute Gasteiger partial charge is 0.475 e. The maximum atomic E-state index is 12.6. The Bertz CT molecular complexity index is 981. The van der Waals surface area contributed by atoms with Crippen LogP contribution in [-0.2, 0) is 29.7 Å². The zero-order valence-corrected chi connectivity index (χ0v) is 18.8. The molecule has 10 heteroatoms. The van der Waals surface area contributed by atoms with Gasteiger partial charge in [-0.1, -0.05) is 29.8 Å². The topological polar surface area (TPSA) is 78.7 Å². The SMILES string of the molecule is Cc1cccc(CN2C(=O)CCC23CCN(Cc2cnn(C)c2)CC3)c1.O=C(O)C(F)(F)F. The third kappa shape index (κ3) is 6.34. The number of aryl methyl sites for hydroxylation is 2. The van der Waals surface area contributed by atoms with Gasteiger partial charge in [0.15, 0.2) is 0 Å². The largest absolute Gasteiger partial charge is 0.490 e. The van der Waals surface area contributed by atoms with Gasteiger partial charge in [0.25, 0.3) is 0 Å². The number of nitrogens with zero attached hydrogens (tertiary/aromatic N) is 4. The van der Waals surface area contributed by atoms with Crippen LogP contribution in [0.15, 0.2) is 36.7 Å². The van der Waals surface area contributed by atoms with E-state index in [1.165, 1.54) is 16.7 Å². The molecule has 2 aromatic rings. The number of likely N-dealkylation sites (tertiary alicyclic amines) is 2. The molecule has 2 aliphatic heterocycles. The standard InChI is InChI=1S/C21H28N4O.C2HF3O2/c1-17-4-3-5-18(12-17)16-25-20(26)6-7-21(25)8-10-24(11-9-21)15-19-13-22-23(2)14-19;3-2(4,5)1(6)7/h3-5,12-14H,6-11,15-16H2,1-2H3;(H,6,7). The minimum absolute atomic E-state index is 0.0618. The molecule has 180 valence electrons. The summed E-state index contributed by atoms with van der Waals surface area (Å²) in [7, 11) is 1.96. The number of rotatable bonds is 4. The number of benzene rings is 1. The first-order valence-electron chi connectivity index (χ1n) is 10.8. The third-order valence-electron chi connectivity index (χ3n) is 6.29. The summed E-state index contributed by atoms with van der Waals surface area (Å²) >= 11 is 0. The molecule has 7 nitrogen and oxygen atoms in total. The first-order chi connectivity index (χ1) is 15.5. The Balaban J connectivity index is 0.000000383. The zero-order valence-electron chi connectivity index (χ0n) is 18.8. The van der Waals surface area contributed by atoms with Gasteiger partial charge in [0.05, 0.1) is 6.20 Å². The van der Waals surface area contributed by atoms with Gasteiger partial charge >= 0.3 is 12.1 Å². The van der Waals surface area contributed by atoms with Gasteiger partial charge in [-0.3, -0.25) is 14.4 Å². The molecular formula is C23H29F3N4O3. The average molecular weight is 467 g/mol. The number of hydrogen-bond donors (Lipinski definition) is 1. The minimum atomic E-state index is -5.08. The van der Waals surface area contributed by atoms with Crippen LogP contribution < -0.4 is 0 Å². The summed E-state index contributed by atoms with van der Waals surface area (Å²) in [5.74, 6) is -2.43. The van der Waals surface area contributed by atoms with Crippen molar-refractivity contribution < 1.29 is 27.9 Å². The lowest BCUT2D eigenvalue weighted by Crippen LogP contribution is -2.52. The van der Waals surface area contributed by atoms with E-state index in [1.54, 1.807) is 0 Å². The van der Waals surface area contributed by atoms with Gasteiger partial charge in [-0.25, -0.2) is 4.79 Å². The number of carbonyl (C=O) groups is 2. The van der Waals surface area contributed by atoms with Crippen LogP contribution in [0.4, 0.5) is 13.2 Å². The predicted molar refractivity (Wildman–Crippen MR) is 115 cm³/mol. The van der Waals surface area contributed by atoms with Crippen molar-refractivity contribution >= 4 is 11.9 Å². The Kier molecular flexibility index (Phi) is 7.46. The molecule has 0 unspecified atom stereocenters. The number of piperidine rings is 1. The molecule has 1 spiro atoms. The van der Waals surface area contributed by atoms with Gasteiger partial charge in [-0.2, -0.15) is 18.3 Å². The lowest BCUT2D eigenvalue weighted by atomic mass is 9.84. The van der Waals surface area contributed by atoms with E-state index in [0.717, 1.165) is 45.4 Å². The summed E-state index contributed by atoms with van der Waals surface area (Å²) in [5.41, 5.74) is 3.83. The van der Waals surface area contributed by atoms with Gasteiger partial charge in [0, 0.05) is 56.9 Å². The molecular weight excluding hydrogens is 437 g/mol. The molecule has 2 aliphatic rings. The van der Waals surface area contributed by atoms with Gasteiger partial charge in [0.2, 0.25) is 5.91 Å². The molecule has 1 N–H and O–H groups in total. The Morgan fingerprint density at radius 1 is 1.15 bits per heavy atom. The van der Waals surface area contributed by atoms with Gasteiger partial charge in [-0.05, 0) is 31.7 Å². The summed E-state index contributed by atoms with van der Waals surface area (Å²) in [6.45, 7) is 5.92. The number of carboxylic acid groups (broad SMARTS) is 1. The van der Waals surface area contributed by atoms with Gasteiger partial charge in [0.1, 0.15) is 0 Å². The number of hydrogen-bond acceptors (Lipinski definition) is 4. The van der Waals surface area contributed by atoms with E-state index in [1.807, 2.05) is 17.9 Å². The van der Waals surface area contributed by atoms with Crippen LogP contribution in [0, 0.1) is 6.92 Å². The maximum absolute atomic E-state index is 12.6. The van der Waals surface area contributed by atoms with Crippen LogP contribution in [0.2, 0.25) is 0 Å². The van der Waals surface area contributed by atoms with E-state index in [0.29, 0.717) is 12.3 Å². The van der Waals surface area contributed by atoms with Crippen molar-refractivity contribution in [3.8, 4) is 0 Å². The third-order valence-corrected chi connectivity index (χ3v) is 6.29. The summed E-state index contributed by atoms with van der Waals surface area (Å²) in [4.78, 5) is 26.2. The maximum Gasteiger partial charge on any atom is 0.490 e. The van der Waals surface area contributed by atoms with Crippen molar-refractivity contribution in [1.29, 1.82) is 0 Å². The van der Waals surface area contributed by atoms with Crippen molar-refractivity contribution in [3.05, 3.63) is 53.3 Å². The number of amides is 1. The Morgan fingerprint density at radius 2 is 1.82 bits per heavy atom. The van der Waals surface area contributed by atoms with Crippen molar-refractivity contribution in [2.75, 3.05) is 13.1 Å². The van der Waals surface area contributed by atoms with Crippen LogP contribution in [0.5, 0.6) is 0 Å². The quantitative estimate of drug-likeness (QED) is 0.746. The van der Waals surface area contributed by atoms with E-state index in [-0.39, 0.29) is 5.54 Å². The highest BCUT2D eigenvalue weighted by molar-refractivity contribution is 5.79. The monoisotopic (exact) mass is 466 g/mol. The predicted octanol–water partition coefficient (Wildman–Crippen LogP) is 3.52. The molecule has 1 aromatic heterocycles. The summed E-state index contributed by atoms with van der Waals surface area (Å²) < 4.78 is 33.6. The fourth-order valence-electron chi connectivity index (χ4n) is 4.58. The normalized spacial score (nSPS) is 18.3. The Hall–Kier alpha value is -2.88. The fraction of sp³-hybridized carbons (Fsp3) is 0.522. The highest BCUT2D eigenvalue weighted by Gasteiger charge is 2.46. The first-order valence-corrected chi connectivity index (χ1v) is 10.8. The number of aromatic nitrogens is 2. The molecule has 0 atom stereocenters. The number of alkyl halides is 3. The second kappa shape index (κ2) is 9.94. The van der Waals surface area contributed by atoms with Crippen LogP contribution >= 0.6 is 0 Å². The van der Waals surface area contributed by atoms with E-state index in [9.17, 15) is 18.0 Å². The number of halogens is 3. The molecule has 0 saturated carbocycles. The summed E-state index contributed by atoms with van der Waals surface area (Å²) in [6.07, 6.45) is 2.82. The summed E-state index contributed by atoms with van der Waals surface area (Å²) in [5, 5.41) is 11.4. The van der Waals surface area contributed by atoms with Crippen molar-refractivity contribution in [2.45, 2.75) is 57.4 Å². The number of carboxylic acids is 1. The molecule has 2 saturated heterocycles. The highest BCUT2D eigenvalue weighted by atomic mass is 19.4. The Labute approximate surface area is 190 Å². The van der Waals surface area contributed by atoms with Crippen LogP contribution in [0.3, 0.4) is 0 Å². The molecule has 1 aromatic carbocycles. The second-order valence-corrected chi connectivity index (χ2v) is 8.79. The van der Waals surface area contributed by atoms with E-state index in [2.05, 4.69) is 52.3 Å². The average Bonchev–Trinajstić information content (AvgIpc) is 3.28. The number of aliphatic carboxylic acids is 1. The first kappa shape index (κ1) is 24.8. The van der Waals surface area contributed by atoms with E-state index < -0.39 is 12.1 Å². The van der Waals surface area contributed by atoms with E-state index >= 15 is 0 Å². The molecule has 0 aliphatic carbocycles. The second-order valence-electron chi connectivity index (χ2n) is 8.79. The summed E-state index contributed by atoms with van der Waals surface area (Å²) in [6, 6.07) is 8.55. The molecule has 33 heavy (non-hydrogen) atoms. The fourth-order valence-corrected chi connectivity index (χ4v) is 4.58. The van der Waals surface area contributed by atoms with Crippen LogP contribution in [-0.4, -0.2) is 61.4 Å². The Morgan fingerprint density at radius 3 is 2.36 bits per heavy atom. The lowest BCUT2D eigenvalue weighted by Gasteiger charge is -2.45. The highest BCUT2D eigenvalue weighted by Crippen LogP contribution is 2.40. The van der Waals surface area contributed by atoms with Crippen molar-refractivity contribution in [3.63, 3.8) is 0 Å². The van der Waals surface area contributed by atoms with Crippen molar-refractivity contribution in [2.24, 2.45) is 7.05 Å². The minimum Gasteiger partial charge on any atom is -0.475 e. The van der Waals surface area contributed by atoms with Gasteiger partial charge < -0.3 is 10.0 Å². The van der Waals surface area contributed by atoms with E-state index in [4.69, 9.17) is 9.90 Å². The van der Waals surface area contributed by atoms with Crippen LogP contribution in [0.1, 0.15) is 42.4 Å². The van der Waals surface area contributed by atoms with Crippen molar-refractivity contribution in [1.82, 2.24) is 19.6 Å². The van der Waals surface area contributed by atoms with Crippen LogP contribution in [0.25, 0.3) is 0 Å². The molecule has 0 bridgehead atoms. The lowest BCUT2D eigenvalue weighted by molar-refractivity contribution is -0.192. The molecule has 1 amide bonds. The van der Waals surface area contributed by atoms with Gasteiger partial charge in [-0.15, -0.1) is 0 Å². The number of carbonyl (C=O) groups excluding carboxylic acids is 1. The molecule has 2 fully saturated rings. The molecule has 4 rings (SSSR count). The molecule has 3 heterocycles. The zero-order chi connectivity index (χ0) is 24.2.